The fourth-order valence-electron chi connectivity index (χ4n) is 2.30. The van der Waals surface area contributed by atoms with Crippen molar-refractivity contribution in [3.63, 3.8) is 0 Å². The van der Waals surface area contributed by atoms with Crippen molar-refractivity contribution >= 4 is 11.7 Å². The number of hydrogen-bond acceptors (Lipinski definition) is 3. The molecule has 122 valence electrons. The molecule has 0 radical (unpaired) electrons. The minimum atomic E-state index is -4.72. The largest absolute Gasteiger partial charge is 0.573 e. The van der Waals surface area contributed by atoms with Gasteiger partial charge in [-0.25, -0.2) is 4.79 Å². The van der Waals surface area contributed by atoms with Crippen molar-refractivity contribution in [3.8, 4) is 5.75 Å². The maximum Gasteiger partial charge on any atom is 0.573 e. The lowest BCUT2D eigenvalue weighted by molar-refractivity contribution is -0.274. The molecule has 2 unspecified atom stereocenters. The highest BCUT2D eigenvalue weighted by Gasteiger charge is 2.31. The molecule has 1 aliphatic heterocycles. The zero-order valence-electron chi connectivity index (χ0n) is 12.0. The van der Waals surface area contributed by atoms with Crippen molar-refractivity contribution in [2.24, 2.45) is 5.92 Å². The Bertz CT molecular complexity index is 505. The Balaban J connectivity index is 1.86. The minimum Gasteiger partial charge on any atom is -0.406 e. The Kier molecular flexibility index (Phi) is 5.12. The number of alkyl halides is 3. The molecule has 1 saturated heterocycles. The van der Waals surface area contributed by atoms with Crippen LogP contribution in [0, 0.1) is 5.92 Å². The summed E-state index contributed by atoms with van der Waals surface area (Å²) < 4.78 is 39.9. The molecule has 0 spiro atoms. The Morgan fingerprint density at radius 2 is 2.00 bits per heavy atom. The van der Waals surface area contributed by atoms with Crippen molar-refractivity contribution in [1.29, 1.82) is 0 Å². The van der Waals surface area contributed by atoms with Crippen molar-refractivity contribution in [3.05, 3.63) is 24.3 Å². The molecule has 1 aliphatic rings. The summed E-state index contributed by atoms with van der Waals surface area (Å²) in [7, 11) is 0. The number of nitrogens with one attached hydrogen (secondary N) is 3. The fourth-order valence-corrected chi connectivity index (χ4v) is 2.30. The SMILES string of the molecule is CC1CNCCC1NC(=O)Nc1ccc(OC(F)(F)F)cc1. The molecule has 1 heterocycles. The highest BCUT2D eigenvalue weighted by Crippen LogP contribution is 2.24. The second-order valence-corrected chi connectivity index (χ2v) is 5.25. The molecule has 0 aliphatic carbocycles. The standard InChI is InChI=1S/C14H18F3N3O2/c1-9-8-18-7-6-12(9)20-13(21)19-10-2-4-11(5-3-10)22-14(15,16)17/h2-5,9,12,18H,6-8H2,1H3,(H2,19,20,21). The van der Waals surface area contributed by atoms with Gasteiger partial charge in [0.1, 0.15) is 5.75 Å². The number of urea groups is 1. The number of hydrogen-bond donors (Lipinski definition) is 3. The van der Waals surface area contributed by atoms with Crippen LogP contribution in [0.5, 0.6) is 5.75 Å². The Morgan fingerprint density at radius 3 is 2.59 bits per heavy atom. The normalized spacial score (nSPS) is 22.0. The number of ether oxygens (including phenoxy) is 1. The average Bonchev–Trinajstić information content (AvgIpc) is 2.42. The molecule has 2 atom stereocenters. The Morgan fingerprint density at radius 1 is 1.32 bits per heavy atom. The predicted molar refractivity (Wildman–Crippen MR) is 75.7 cm³/mol. The van der Waals surface area contributed by atoms with Gasteiger partial charge in [-0.2, -0.15) is 0 Å². The molecule has 22 heavy (non-hydrogen) atoms. The number of carbonyl (C=O) groups excluding carboxylic acids is 1. The van der Waals surface area contributed by atoms with E-state index in [2.05, 4.69) is 20.7 Å². The van der Waals surface area contributed by atoms with Gasteiger partial charge in [-0.15, -0.1) is 13.2 Å². The Labute approximate surface area is 126 Å². The monoisotopic (exact) mass is 317 g/mol. The van der Waals surface area contributed by atoms with Crippen LogP contribution in [0.15, 0.2) is 24.3 Å². The van der Waals surface area contributed by atoms with E-state index in [0.717, 1.165) is 31.6 Å². The van der Waals surface area contributed by atoms with Gasteiger partial charge in [0.05, 0.1) is 0 Å². The summed E-state index contributed by atoms with van der Waals surface area (Å²) in [6, 6.07) is 4.71. The third kappa shape index (κ3) is 5.10. The van der Waals surface area contributed by atoms with Gasteiger partial charge < -0.3 is 20.7 Å². The maximum atomic E-state index is 12.0. The van der Waals surface area contributed by atoms with E-state index in [1.165, 1.54) is 12.1 Å². The predicted octanol–water partition coefficient (Wildman–Crippen LogP) is 2.70. The Hall–Kier alpha value is -1.96. The molecule has 0 aromatic heterocycles. The number of piperidine rings is 1. The molecular weight excluding hydrogens is 299 g/mol. The van der Waals surface area contributed by atoms with Crippen LogP contribution in [0.2, 0.25) is 0 Å². The van der Waals surface area contributed by atoms with Crippen LogP contribution >= 0.6 is 0 Å². The topological polar surface area (TPSA) is 62.4 Å². The first kappa shape index (κ1) is 16.4. The van der Waals surface area contributed by atoms with E-state index in [1.54, 1.807) is 0 Å². The van der Waals surface area contributed by atoms with E-state index in [4.69, 9.17) is 0 Å². The summed E-state index contributed by atoms with van der Waals surface area (Å²) in [5.41, 5.74) is 0.397. The van der Waals surface area contributed by atoms with Crippen molar-refractivity contribution in [2.45, 2.75) is 25.7 Å². The third-order valence-corrected chi connectivity index (χ3v) is 3.45. The smallest absolute Gasteiger partial charge is 0.406 e. The summed E-state index contributed by atoms with van der Waals surface area (Å²) in [6.07, 6.45) is -3.88. The van der Waals surface area contributed by atoms with E-state index in [-0.39, 0.29) is 17.8 Å². The summed E-state index contributed by atoms with van der Waals surface area (Å²) >= 11 is 0. The molecule has 3 N–H and O–H groups in total. The first-order chi connectivity index (χ1) is 10.3. The quantitative estimate of drug-likeness (QED) is 0.803. The fraction of sp³-hybridized carbons (Fsp3) is 0.500. The van der Waals surface area contributed by atoms with Crippen LogP contribution in [-0.2, 0) is 0 Å². The maximum absolute atomic E-state index is 12.0. The van der Waals surface area contributed by atoms with E-state index in [0.29, 0.717) is 11.6 Å². The zero-order chi connectivity index (χ0) is 16.2. The first-order valence-corrected chi connectivity index (χ1v) is 6.97. The van der Waals surface area contributed by atoms with Gasteiger partial charge in [-0.3, -0.25) is 0 Å². The van der Waals surface area contributed by atoms with Crippen molar-refractivity contribution < 1.29 is 22.7 Å². The van der Waals surface area contributed by atoms with E-state index < -0.39 is 6.36 Å². The number of amides is 2. The van der Waals surface area contributed by atoms with Gasteiger partial charge in [0.15, 0.2) is 0 Å². The molecule has 1 aromatic rings. The molecule has 5 nitrogen and oxygen atoms in total. The van der Waals surface area contributed by atoms with Gasteiger partial charge in [-0.1, -0.05) is 6.92 Å². The van der Waals surface area contributed by atoms with Crippen LogP contribution in [0.25, 0.3) is 0 Å². The van der Waals surface area contributed by atoms with Crippen LogP contribution in [0.3, 0.4) is 0 Å². The summed E-state index contributed by atoms with van der Waals surface area (Å²) in [4.78, 5) is 11.9. The third-order valence-electron chi connectivity index (χ3n) is 3.45. The number of carbonyl (C=O) groups is 1. The number of benzene rings is 1. The van der Waals surface area contributed by atoms with E-state index in [9.17, 15) is 18.0 Å². The second kappa shape index (κ2) is 6.87. The number of halogens is 3. The summed E-state index contributed by atoms with van der Waals surface area (Å²) in [5.74, 6) is -0.00695. The molecule has 2 rings (SSSR count). The lowest BCUT2D eigenvalue weighted by Crippen LogP contribution is -2.49. The highest BCUT2D eigenvalue weighted by molar-refractivity contribution is 5.89. The van der Waals surface area contributed by atoms with Gasteiger partial charge in [0.25, 0.3) is 0 Å². The lowest BCUT2D eigenvalue weighted by Gasteiger charge is -2.30. The molecule has 8 heteroatoms. The van der Waals surface area contributed by atoms with Crippen molar-refractivity contribution in [1.82, 2.24) is 10.6 Å². The van der Waals surface area contributed by atoms with Crippen LogP contribution in [0.4, 0.5) is 23.7 Å². The average molecular weight is 317 g/mol. The molecule has 0 bridgehead atoms. The molecule has 2 amide bonds. The van der Waals surface area contributed by atoms with E-state index >= 15 is 0 Å². The van der Waals surface area contributed by atoms with Crippen LogP contribution in [-0.4, -0.2) is 31.5 Å². The number of anilines is 1. The second-order valence-electron chi connectivity index (χ2n) is 5.25. The van der Waals surface area contributed by atoms with E-state index in [1.807, 2.05) is 6.92 Å². The highest BCUT2D eigenvalue weighted by atomic mass is 19.4. The molecule has 1 fully saturated rings. The zero-order valence-corrected chi connectivity index (χ0v) is 12.0. The first-order valence-electron chi connectivity index (χ1n) is 6.97. The summed E-state index contributed by atoms with van der Waals surface area (Å²) in [6.45, 7) is 3.73. The number of rotatable bonds is 3. The summed E-state index contributed by atoms with van der Waals surface area (Å²) in [5, 5.41) is 8.70. The van der Waals surface area contributed by atoms with Crippen LogP contribution < -0.4 is 20.7 Å². The van der Waals surface area contributed by atoms with Crippen LogP contribution in [0.1, 0.15) is 13.3 Å². The van der Waals surface area contributed by atoms with Gasteiger partial charge in [-0.05, 0) is 49.7 Å². The molecule has 0 saturated carbocycles. The van der Waals surface area contributed by atoms with Gasteiger partial charge in [0, 0.05) is 11.7 Å². The van der Waals surface area contributed by atoms with Gasteiger partial charge in [0.2, 0.25) is 0 Å². The molecule has 1 aromatic carbocycles. The lowest BCUT2D eigenvalue weighted by atomic mass is 9.95. The van der Waals surface area contributed by atoms with Gasteiger partial charge >= 0.3 is 12.4 Å². The van der Waals surface area contributed by atoms with Crippen molar-refractivity contribution in [2.75, 3.05) is 18.4 Å². The minimum absolute atomic E-state index is 0.0779. The molecular formula is C14H18F3N3O2.